The van der Waals surface area contributed by atoms with Crippen LogP contribution < -0.4 is 0 Å². The Kier molecular flexibility index (Phi) is 3.00. The number of benzene rings is 2. The predicted molar refractivity (Wildman–Crippen MR) is 92.9 cm³/mol. The van der Waals surface area contributed by atoms with E-state index >= 15 is 0 Å². The molecule has 0 radical (unpaired) electrons. The second-order valence-electron chi connectivity index (χ2n) is 5.73. The molecule has 21 heavy (non-hydrogen) atoms. The zero-order valence-corrected chi connectivity index (χ0v) is 13.5. The molecule has 1 unspecified atom stereocenters. The number of nitrogens with zero attached hydrogens (tertiary/aromatic N) is 1. The Bertz CT molecular complexity index is 843. The van der Waals surface area contributed by atoms with Gasteiger partial charge in [0, 0.05) is 26.8 Å². The van der Waals surface area contributed by atoms with Crippen LogP contribution in [0.5, 0.6) is 0 Å². The molecule has 0 saturated carbocycles. The molecule has 4 rings (SSSR count). The summed E-state index contributed by atoms with van der Waals surface area (Å²) in [4.78, 5) is 0. The van der Waals surface area contributed by atoms with Crippen molar-refractivity contribution in [1.82, 2.24) is 4.57 Å². The van der Waals surface area contributed by atoms with Crippen LogP contribution in [0.1, 0.15) is 18.2 Å². The molecule has 1 heterocycles. The van der Waals surface area contributed by atoms with Gasteiger partial charge in [-0.25, -0.2) is 0 Å². The molecule has 1 aliphatic carbocycles. The number of halogens is 1. The van der Waals surface area contributed by atoms with E-state index in [2.05, 4.69) is 88.1 Å². The summed E-state index contributed by atoms with van der Waals surface area (Å²) in [6.07, 6.45) is 5.70. The smallest absolute Gasteiger partial charge is 0.0538 e. The van der Waals surface area contributed by atoms with Crippen molar-refractivity contribution in [2.45, 2.75) is 13.3 Å². The average molecular weight is 338 g/mol. The molecule has 1 aromatic heterocycles. The molecule has 3 aromatic rings. The van der Waals surface area contributed by atoms with Crippen molar-refractivity contribution in [3.05, 3.63) is 70.3 Å². The SMILES string of the molecule is CC1C=Cc2c(n(-c3ccccc3)c3ccc(Br)cc23)C1. The van der Waals surface area contributed by atoms with E-state index < -0.39 is 0 Å². The Balaban J connectivity index is 2.10. The number of aromatic nitrogens is 1. The molecule has 0 aliphatic heterocycles. The maximum absolute atomic E-state index is 3.60. The third-order valence-electron chi connectivity index (χ3n) is 4.19. The van der Waals surface area contributed by atoms with Crippen molar-refractivity contribution in [3.8, 4) is 5.69 Å². The first-order valence-corrected chi connectivity index (χ1v) is 8.10. The van der Waals surface area contributed by atoms with Crippen LogP contribution in [0.25, 0.3) is 22.7 Å². The molecule has 1 nitrogen and oxygen atoms in total. The van der Waals surface area contributed by atoms with Crippen LogP contribution in [0.15, 0.2) is 59.1 Å². The lowest BCUT2D eigenvalue weighted by Crippen LogP contribution is -2.08. The second-order valence-corrected chi connectivity index (χ2v) is 6.65. The Morgan fingerprint density at radius 2 is 1.90 bits per heavy atom. The van der Waals surface area contributed by atoms with Crippen molar-refractivity contribution in [3.63, 3.8) is 0 Å². The van der Waals surface area contributed by atoms with Crippen LogP contribution in [0.2, 0.25) is 0 Å². The van der Waals surface area contributed by atoms with Gasteiger partial charge in [0.15, 0.2) is 0 Å². The highest BCUT2D eigenvalue weighted by molar-refractivity contribution is 9.10. The van der Waals surface area contributed by atoms with Gasteiger partial charge in [0.25, 0.3) is 0 Å². The fraction of sp³-hybridized carbons (Fsp3) is 0.158. The summed E-state index contributed by atoms with van der Waals surface area (Å²) in [6, 6.07) is 17.2. The van der Waals surface area contributed by atoms with E-state index in [0.717, 1.165) is 10.9 Å². The Hall–Kier alpha value is -1.80. The number of allylic oxidation sites excluding steroid dienone is 1. The molecule has 1 aliphatic rings. The molecule has 2 aromatic carbocycles. The van der Waals surface area contributed by atoms with Crippen LogP contribution in [0.4, 0.5) is 0 Å². The van der Waals surface area contributed by atoms with E-state index in [1.165, 1.54) is 27.8 Å². The van der Waals surface area contributed by atoms with Crippen molar-refractivity contribution in [2.75, 3.05) is 0 Å². The quantitative estimate of drug-likeness (QED) is 0.544. The van der Waals surface area contributed by atoms with Crippen molar-refractivity contribution in [2.24, 2.45) is 5.92 Å². The number of fused-ring (bicyclic) bond motifs is 3. The standard InChI is InChI=1S/C19H16BrN/c1-13-7-9-16-17-12-14(20)8-10-18(17)21(19(16)11-13)15-5-3-2-4-6-15/h2-10,12-13H,11H2,1H3. The topological polar surface area (TPSA) is 4.93 Å². The minimum absolute atomic E-state index is 0.590. The van der Waals surface area contributed by atoms with E-state index in [0.29, 0.717) is 5.92 Å². The van der Waals surface area contributed by atoms with Gasteiger partial charge < -0.3 is 4.57 Å². The molecule has 0 fully saturated rings. The normalized spacial score (nSPS) is 17.1. The Morgan fingerprint density at radius 1 is 1.10 bits per heavy atom. The minimum Gasteiger partial charge on any atom is -0.313 e. The van der Waals surface area contributed by atoms with Crippen LogP contribution in [-0.4, -0.2) is 4.57 Å². The summed E-state index contributed by atoms with van der Waals surface area (Å²) in [6.45, 7) is 2.28. The Labute approximate surface area is 133 Å². The minimum atomic E-state index is 0.590. The summed E-state index contributed by atoms with van der Waals surface area (Å²) in [5.74, 6) is 0.590. The lowest BCUT2D eigenvalue weighted by atomic mass is 9.95. The van der Waals surface area contributed by atoms with Crippen LogP contribution in [0, 0.1) is 5.92 Å². The van der Waals surface area contributed by atoms with Crippen LogP contribution in [-0.2, 0) is 6.42 Å². The van der Waals surface area contributed by atoms with Gasteiger partial charge in [-0.3, -0.25) is 0 Å². The van der Waals surface area contributed by atoms with E-state index in [1.54, 1.807) is 0 Å². The highest BCUT2D eigenvalue weighted by Gasteiger charge is 2.20. The van der Waals surface area contributed by atoms with Gasteiger partial charge in [-0.1, -0.05) is 53.2 Å². The van der Waals surface area contributed by atoms with E-state index in [1.807, 2.05) is 0 Å². The molecular formula is C19H16BrN. The van der Waals surface area contributed by atoms with Crippen molar-refractivity contribution in [1.29, 1.82) is 0 Å². The first-order chi connectivity index (χ1) is 10.2. The first-order valence-electron chi connectivity index (χ1n) is 7.30. The van der Waals surface area contributed by atoms with Gasteiger partial charge in [-0.2, -0.15) is 0 Å². The fourth-order valence-corrected chi connectivity index (χ4v) is 3.59. The van der Waals surface area contributed by atoms with Gasteiger partial charge in [0.1, 0.15) is 0 Å². The molecule has 1 atom stereocenters. The molecule has 104 valence electrons. The summed E-state index contributed by atoms with van der Waals surface area (Å²) in [5.41, 5.74) is 5.32. The second kappa shape index (κ2) is 4.88. The van der Waals surface area contributed by atoms with Gasteiger partial charge in [-0.15, -0.1) is 0 Å². The summed E-state index contributed by atoms with van der Waals surface area (Å²) < 4.78 is 3.55. The van der Waals surface area contributed by atoms with Gasteiger partial charge >= 0.3 is 0 Å². The first kappa shape index (κ1) is 12.9. The van der Waals surface area contributed by atoms with Crippen molar-refractivity contribution < 1.29 is 0 Å². The van der Waals surface area contributed by atoms with Gasteiger partial charge in [0.2, 0.25) is 0 Å². The molecule has 0 N–H and O–H groups in total. The number of rotatable bonds is 1. The summed E-state index contributed by atoms with van der Waals surface area (Å²) in [5, 5.41) is 1.33. The predicted octanol–water partition coefficient (Wildman–Crippen LogP) is 5.60. The maximum atomic E-state index is 3.60. The van der Waals surface area contributed by atoms with Gasteiger partial charge in [0.05, 0.1) is 5.52 Å². The zero-order chi connectivity index (χ0) is 14.4. The third-order valence-corrected chi connectivity index (χ3v) is 4.68. The molecule has 0 saturated heterocycles. The molecular weight excluding hydrogens is 322 g/mol. The van der Waals surface area contributed by atoms with Crippen LogP contribution >= 0.6 is 15.9 Å². The van der Waals surface area contributed by atoms with Crippen molar-refractivity contribution >= 4 is 32.9 Å². The van der Waals surface area contributed by atoms with Crippen LogP contribution in [0.3, 0.4) is 0 Å². The molecule has 0 bridgehead atoms. The van der Waals surface area contributed by atoms with E-state index in [-0.39, 0.29) is 0 Å². The lowest BCUT2D eigenvalue weighted by Gasteiger charge is -2.17. The monoisotopic (exact) mass is 337 g/mol. The summed E-state index contributed by atoms with van der Waals surface area (Å²) >= 11 is 3.60. The summed E-state index contributed by atoms with van der Waals surface area (Å²) in [7, 11) is 0. The number of hydrogen-bond donors (Lipinski definition) is 0. The third kappa shape index (κ3) is 2.06. The average Bonchev–Trinajstić information content (AvgIpc) is 2.81. The highest BCUT2D eigenvalue weighted by atomic mass is 79.9. The molecule has 0 amide bonds. The van der Waals surface area contributed by atoms with E-state index in [9.17, 15) is 0 Å². The van der Waals surface area contributed by atoms with Gasteiger partial charge in [-0.05, 0) is 42.7 Å². The number of hydrogen-bond acceptors (Lipinski definition) is 0. The number of para-hydroxylation sites is 1. The molecule has 0 spiro atoms. The lowest BCUT2D eigenvalue weighted by molar-refractivity contribution is 0.690. The zero-order valence-electron chi connectivity index (χ0n) is 11.9. The fourth-order valence-electron chi connectivity index (χ4n) is 3.23. The largest absolute Gasteiger partial charge is 0.313 e. The highest BCUT2D eigenvalue weighted by Crippen LogP contribution is 2.36. The van der Waals surface area contributed by atoms with E-state index in [4.69, 9.17) is 0 Å². The Morgan fingerprint density at radius 3 is 2.71 bits per heavy atom. The maximum Gasteiger partial charge on any atom is 0.0538 e. The molecule has 2 heteroatoms.